The molecule has 0 radical (unpaired) electrons. The molecule has 0 unspecified atom stereocenters. The minimum atomic E-state index is -1.68. The fourth-order valence-corrected chi connectivity index (χ4v) is 1.27. The molecule has 0 aliphatic carbocycles. The van der Waals surface area contributed by atoms with Gasteiger partial charge in [0.1, 0.15) is 24.4 Å². The molecule has 0 aliphatic rings. The maximum Gasteiger partial charge on any atom is 0.186 e. The smallest absolute Gasteiger partial charge is 0.186 e. The van der Waals surface area contributed by atoms with Gasteiger partial charge in [0.15, 0.2) is 6.29 Å². The normalized spacial score (nSPS) is 19.1. The monoisotopic (exact) mass is 254 g/mol. The maximum absolute atomic E-state index is 9.70. The van der Waals surface area contributed by atoms with Gasteiger partial charge in [0.2, 0.25) is 0 Å². The summed E-state index contributed by atoms with van der Waals surface area (Å²) in [5.74, 6) is 0. The average Bonchev–Trinajstić information content (AvgIpc) is 2.34. The van der Waals surface area contributed by atoms with Crippen LogP contribution in [0.3, 0.4) is 0 Å². The van der Waals surface area contributed by atoms with Crippen LogP contribution in [0.15, 0.2) is 0 Å². The topological polar surface area (TPSA) is 120 Å². The Morgan fingerprint density at radius 1 is 0.824 bits per heavy atom. The summed E-state index contributed by atoms with van der Waals surface area (Å²) >= 11 is 0. The summed E-state index contributed by atoms with van der Waals surface area (Å²) in [7, 11) is 0. The van der Waals surface area contributed by atoms with Gasteiger partial charge in [0.25, 0.3) is 0 Å². The minimum Gasteiger partial charge on any atom is -0.394 e. The lowest BCUT2D eigenvalue weighted by atomic mass is 10.0. The SMILES string of the molecule is CCOC(OCC)[C@H](O)[C@@H](O)[C@H](O)[C@H](O)CO. The van der Waals surface area contributed by atoms with Crippen LogP contribution in [0.1, 0.15) is 13.8 Å². The molecule has 0 aliphatic heterocycles. The summed E-state index contributed by atoms with van der Waals surface area (Å²) in [6.45, 7) is 3.16. The van der Waals surface area contributed by atoms with E-state index in [1.807, 2.05) is 0 Å². The van der Waals surface area contributed by atoms with E-state index in [9.17, 15) is 15.3 Å². The van der Waals surface area contributed by atoms with Crippen molar-refractivity contribution in [3.63, 3.8) is 0 Å². The van der Waals surface area contributed by atoms with Gasteiger partial charge in [-0.3, -0.25) is 0 Å². The molecule has 0 aromatic carbocycles. The molecule has 0 aromatic rings. The van der Waals surface area contributed by atoms with Gasteiger partial charge in [-0.2, -0.15) is 0 Å². The molecule has 7 nitrogen and oxygen atoms in total. The van der Waals surface area contributed by atoms with Crippen LogP contribution >= 0.6 is 0 Å². The molecule has 0 aromatic heterocycles. The third kappa shape index (κ3) is 5.26. The lowest BCUT2D eigenvalue weighted by Gasteiger charge is -2.30. The van der Waals surface area contributed by atoms with E-state index >= 15 is 0 Å². The quantitative estimate of drug-likeness (QED) is 0.297. The molecule has 4 atom stereocenters. The molecule has 0 saturated heterocycles. The van der Waals surface area contributed by atoms with Crippen molar-refractivity contribution < 1.29 is 35.0 Å². The number of hydrogen-bond acceptors (Lipinski definition) is 7. The minimum absolute atomic E-state index is 0.257. The van der Waals surface area contributed by atoms with Crippen molar-refractivity contribution >= 4 is 0 Å². The Balaban J connectivity index is 4.46. The van der Waals surface area contributed by atoms with Crippen LogP contribution in [-0.2, 0) is 9.47 Å². The van der Waals surface area contributed by atoms with E-state index < -0.39 is 37.3 Å². The lowest BCUT2D eigenvalue weighted by molar-refractivity contribution is -0.229. The zero-order chi connectivity index (χ0) is 13.4. The van der Waals surface area contributed by atoms with E-state index in [2.05, 4.69) is 0 Å². The van der Waals surface area contributed by atoms with Crippen LogP contribution in [0.4, 0.5) is 0 Å². The first-order valence-electron chi connectivity index (χ1n) is 5.55. The third-order valence-electron chi connectivity index (χ3n) is 2.22. The lowest BCUT2D eigenvalue weighted by Crippen LogP contribution is -2.51. The van der Waals surface area contributed by atoms with Gasteiger partial charge in [-0.1, -0.05) is 0 Å². The molecule has 17 heavy (non-hydrogen) atoms. The summed E-state index contributed by atoms with van der Waals surface area (Å²) in [6.07, 6.45) is -7.52. The fraction of sp³-hybridized carbons (Fsp3) is 1.00. The molecular weight excluding hydrogens is 232 g/mol. The highest BCUT2D eigenvalue weighted by Gasteiger charge is 2.35. The van der Waals surface area contributed by atoms with E-state index in [1.165, 1.54) is 0 Å². The molecule has 5 N–H and O–H groups in total. The van der Waals surface area contributed by atoms with Crippen LogP contribution in [0.25, 0.3) is 0 Å². The Labute approximate surface area is 100 Å². The highest BCUT2D eigenvalue weighted by atomic mass is 16.7. The third-order valence-corrected chi connectivity index (χ3v) is 2.22. The van der Waals surface area contributed by atoms with E-state index in [0.29, 0.717) is 0 Å². The summed E-state index contributed by atoms with van der Waals surface area (Å²) in [4.78, 5) is 0. The molecule has 0 rings (SSSR count). The Morgan fingerprint density at radius 2 is 1.29 bits per heavy atom. The average molecular weight is 254 g/mol. The number of ether oxygens (including phenoxy) is 2. The largest absolute Gasteiger partial charge is 0.394 e. The van der Waals surface area contributed by atoms with Gasteiger partial charge in [0, 0.05) is 13.2 Å². The second-order valence-corrected chi connectivity index (χ2v) is 3.50. The second kappa shape index (κ2) is 8.76. The highest BCUT2D eigenvalue weighted by molar-refractivity contribution is 4.82. The number of rotatable bonds is 9. The van der Waals surface area contributed by atoms with E-state index in [0.717, 1.165) is 0 Å². The first-order valence-corrected chi connectivity index (χ1v) is 5.55. The van der Waals surface area contributed by atoms with Crippen LogP contribution in [0, 0.1) is 0 Å². The number of aliphatic hydroxyl groups is 5. The molecule has 0 saturated carbocycles. The van der Waals surface area contributed by atoms with Crippen LogP contribution in [0.2, 0.25) is 0 Å². The summed E-state index contributed by atoms with van der Waals surface area (Å²) < 4.78 is 10.1. The summed E-state index contributed by atoms with van der Waals surface area (Å²) in [5, 5.41) is 46.4. The van der Waals surface area contributed by atoms with Gasteiger partial charge in [0.05, 0.1) is 6.61 Å². The van der Waals surface area contributed by atoms with Crippen LogP contribution in [-0.4, -0.2) is 76.1 Å². The zero-order valence-corrected chi connectivity index (χ0v) is 10.1. The van der Waals surface area contributed by atoms with Gasteiger partial charge in [-0.05, 0) is 13.8 Å². The Bertz CT molecular complexity index is 183. The first kappa shape index (κ1) is 16.7. The summed E-state index contributed by atoms with van der Waals surface area (Å²) in [5.41, 5.74) is 0. The van der Waals surface area contributed by atoms with Crippen molar-refractivity contribution in [1.82, 2.24) is 0 Å². The summed E-state index contributed by atoms with van der Waals surface area (Å²) in [6, 6.07) is 0. The van der Waals surface area contributed by atoms with E-state index in [-0.39, 0.29) is 13.2 Å². The second-order valence-electron chi connectivity index (χ2n) is 3.50. The van der Waals surface area contributed by atoms with Crippen LogP contribution < -0.4 is 0 Å². The molecule has 0 spiro atoms. The molecule has 7 heteroatoms. The molecule has 0 heterocycles. The van der Waals surface area contributed by atoms with Gasteiger partial charge in [-0.15, -0.1) is 0 Å². The molecular formula is C10H22O7. The van der Waals surface area contributed by atoms with Crippen molar-refractivity contribution in [3.05, 3.63) is 0 Å². The number of aliphatic hydroxyl groups excluding tert-OH is 5. The highest BCUT2D eigenvalue weighted by Crippen LogP contribution is 2.12. The molecule has 0 bridgehead atoms. The molecule has 0 amide bonds. The molecule has 0 fully saturated rings. The van der Waals surface area contributed by atoms with Crippen molar-refractivity contribution in [2.45, 2.75) is 44.6 Å². The number of hydrogen-bond donors (Lipinski definition) is 5. The zero-order valence-electron chi connectivity index (χ0n) is 10.1. The van der Waals surface area contributed by atoms with Crippen LogP contribution in [0.5, 0.6) is 0 Å². The predicted octanol–water partition coefficient (Wildman–Crippen LogP) is -2.18. The standard InChI is InChI=1S/C10H22O7/c1-3-16-10(17-4-2)9(15)8(14)7(13)6(12)5-11/h6-15H,3-5H2,1-2H3/t6-,7-,8+,9-/m1/s1. The molecule has 104 valence electrons. The van der Waals surface area contributed by atoms with E-state index in [4.69, 9.17) is 19.7 Å². The van der Waals surface area contributed by atoms with Gasteiger partial charge in [-0.25, -0.2) is 0 Å². The van der Waals surface area contributed by atoms with Crippen molar-refractivity contribution in [2.75, 3.05) is 19.8 Å². The van der Waals surface area contributed by atoms with Gasteiger partial charge < -0.3 is 35.0 Å². The maximum atomic E-state index is 9.70. The predicted molar refractivity (Wildman–Crippen MR) is 58.2 cm³/mol. The Morgan fingerprint density at radius 3 is 1.65 bits per heavy atom. The Hall–Kier alpha value is -0.280. The van der Waals surface area contributed by atoms with Crippen molar-refractivity contribution in [3.8, 4) is 0 Å². The van der Waals surface area contributed by atoms with E-state index in [1.54, 1.807) is 13.8 Å². The Kier molecular flexibility index (Phi) is 8.61. The van der Waals surface area contributed by atoms with Crippen molar-refractivity contribution in [1.29, 1.82) is 0 Å². The fourth-order valence-electron chi connectivity index (χ4n) is 1.27. The van der Waals surface area contributed by atoms with Crippen molar-refractivity contribution in [2.24, 2.45) is 0 Å². The first-order chi connectivity index (χ1) is 7.99. The van der Waals surface area contributed by atoms with Gasteiger partial charge >= 0.3 is 0 Å².